The van der Waals surface area contributed by atoms with Crippen molar-refractivity contribution in [2.75, 3.05) is 26.5 Å². The maximum absolute atomic E-state index is 12.0. The van der Waals surface area contributed by atoms with Crippen LogP contribution in [0.3, 0.4) is 0 Å². The van der Waals surface area contributed by atoms with Gasteiger partial charge >= 0.3 is 0 Å². The molecular formula is C12H17NO3S. The van der Waals surface area contributed by atoms with E-state index in [1.165, 1.54) is 0 Å². The molecule has 0 saturated heterocycles. The van der Waals surface area contributed by atoms with Crippen molar-refractivity contribution in [3.8, 4) is 5.75 Å². The van der Waals surface area contributed by atoms with Gasteiger partial charge in [0.15, 0.2) is 9.84 Å². The number of ether oxygens (including phenoxy) is 1. The molecule has 5 heteroatoms. The summed E-state index contributed by atoms with van der Waals surface area (Å²) >= 11 is 0. The van der Waals surface area contributed by atoms with E-state index in [0.717, 1.165) is 24.3 Å². The van der Waals surface area contributed by atoms with Crippen LogP contribution in [0, 0.1) is 0 Å². The Morgan fingerprint density at radius 3 is 2.88 bits per heavy atom. The summed E-state index contributed by atoms with van der Waals surface area (Å²) in [6.07, 6.45) is 0.829. The molecule has 94 valence electrons. The standard InChI is InChI=1S/C12H17NO3S/c1-13-6-5-9-8-17(14,15)12-4-3-10(16-2)7-11(9)12/h3-4,7,9,13H,5-6,8H2,1-2H3. The maximum Gasteiger partial charge on any atom is 0.179 e. The zero-order chi connectivity index (χ0) is 12.5. The molecule has 0 aromatic heterocycles. The van der Waals surface area contributed by atoms with Crippen LogP contribution in [0.5, 0.6) is 5.75 Å². The van der Waals surface area contributed by atoms with E-state index in [4.69, 9.17) is 4.74 Å². The number of methoxy groups -OCH3 is 1. The van der Waals surface area contributed by atoms with Crippen LogP contribution in [0.4, 0.5) is 0 Å². The van der Waals surface area contributed by atoms with Gasteiger partial charge in [0.1, 0.15) is 5.75 Å². The summed E-state index contributed by atoms with van der Waals surface area (Å²) in [6.45, 7) is 0.816. The number of fused-ring (bicyclic) bond motifs is 1. The molecule has 1 atom stereocenters. The van der Waals surface area contributed by atoms with Crippen molar-refractivity contribution in [1.82, 2.24) is 5.32 Å². The van der Waals surface area contributed by atoms with E-state index < -0.39 is 9.84 Å². The second-order valence-corrected chi connectivity index (χ2v) is 6.28. The smallest absolute Gasteiger partial charge is 0.179 e. The second kappa shape index (κ2) is 4.66. The first-order chi connectivity index (χ1) is 8.08. The van der Waals surface area contributed by atoms with Crippen LogP contribution in [0.1, 0.15) is 17.9 Å². The molecular weight excluding hydrogens is 238 g/mol. The first-order valence-electron chi connectivity index (χ1n) is 5.64. The first-order valence-corrected chi connectivity index (χ1v) is 7.29. The van der Waals surface area contributed by atoms with Gasteiger partial charge in [-0.3, -0.25) is 0 Å². The van der Waals surface area contributed by atoms with Crippen LogP contribution in [0.25, 0.3) is 0 Å². The Balaban J connectivity index is 2.39. The minimum absolute atomic E-state index is 0.0811. The zero-order valence-corrected chi connectivity index (χ0v) is 10.9. The lowest BCUT2D eigenvalue weighted by Gasteiger charge is -2.10. The third-order valence-electron chi connectivity index (χ3n) is 3.16. The predicted molar refractivity (Wildman–Crippen MR) is 66.3 cm³/mol. The van der Waals surface area contributed by atoms with E-state index in [-0.39, 0.29) is 11.7 Å². The lowest BCUT2D eigenvalue weighted by molar-refractivity contribution is 0.413. The molecule has 4 nitrogen and oxygen atoms in total. The molecule has 1 aliphatic heterocycles. The van der Waals surface area contributed by atoms with Crippen molar-refractivity contribution in [1.29, 1.82) is 0 Å². The molecule has 0 spiro atoms. The molecule has 0 amide bonds. The molecule has 0 aliphatic carbocycles. The summed E-state index contributed by atoms with van der Waals surface area (Å²) in [5, 5.41) is 3.06. The van der Waals surface area contributed by atoms with Gasteiger partial charge in [0.2, 0.25) is 0 Å². The van der Waals surface area contributed by atoms with Crippen molar-refractivity contribution >= 4 is 9.84 Å². The van der Waals surface area contributed by atoms with E-state index in [2.05, 4.69) is 5.32 Å². The molecule has 1 aromatic carbocycles. The number of rotatable bonds is 4. The molecule has 17 heavy (non-hydrogen) atoms. The highest BCUT2D eigenvalue weighted by Gasteiger charge is 2.34. The van der Waals surface area contributed by atoms with Crippen LogP contribution in [0.15, 0.2) is 23.1 Å². The predicted octanol–water partition coefficient (Wildman–Crippen LogP) is 1.18. The minimum atomic E-state index is -3.09. The summed E-state index contributed by atoms with van der Waals surface area (Å²) in [7, 11) is 0.369. The molecule has 1 aromatic rings. The minimum Gasteiger partial charge on any atom is -0.497 e. The van der Waals surface area contributed by atoms with Crippen LogP contribution in [-0.4, -0.2) is 34.9 Å². The quantitative estimate of drug-likeness (QED) is 0.877. The van der Waals surface area contributed by atoms with E-state index in [1.807, 2.05) is 13.1 Å². The van der Waals surface area contributed by atoms with Crippen LogP contribution in [0.2, 0.25) is 0 Å². The van der Waals surface area contributed by atoms with E-state index in [0.29, 0.717) is 4.90 Å². The Morgan fingerprint density at radius 1 is 1.47 bits per heavy atom. The number of sulfone groups is 1. The fourth-order valence-corrected chi connectivity index (χ4v) is 4.17. The van der Waals surface area contributed by atoms with Crippen molar-refractivity contribution < 1.29 is 13.2 Å². The monoisotopic (exact) mass is 255 g/mol. The molecule has 2 rings (SSSR count). The summed E-state index contributed by atoms with van der Waals surface area (Å²) in [4.78, 5) is 0.472. The van der Waals surface area contributed by atoms with Gasteiger partial charge in [-0.05, 0) is 43.8 Å². The van der Waals surface area contributed by atoms with Gasteiger partial charge in [0, 0.05) is 5.92 Å². The number of hydrogen-bond donors (Lipinski definition) is 1. The van der Waals surface area contributed by atoms with Gasteiger partial charge in [-0.2, -0.15) is 0 Å². The molecule has 1 heterocycles. The molecule has 1 unspecified atom stereocenters. The SMILES string of the molecule is CNCCC1CS(=O)(=O)c2ccc(OC)cc21. The highest BCUT2D eigenvalue weighted by atomic mass is 32.2. The third-order valence-corrected chi connectivity index (χ3v) is 5.04. The second-order valence-electron chi connectivity index (χ2n) is 4.27. The van der Waals surface area contributed by atoms with Gasteiger partial charge in [-0.25, -0.2) is 8.42 Å². The van der Waals surface area contributed by atoms with E-state index >= 15 is 0 Å². The summed E-state index contributed by atoms with van der Waals surface area (Å²) in [5.41, 5.74) is 0.902. The maximum atomic E-state index is 12.0. The van der Waals surface area contributed by atoms with Crippen LogP contribution < -0.4 is 10.1 Å². The fourth-order valence-electron chi connectivity index (χ4n) is 2.26. The van der Waals surface area contributed by atoms with Crippen molar-refractivity contribution in [2.24, 2.45) is 0 Å². The summed E-state index contributed by atoms with van der Waals surface area (Å²) in [6, 6.07) is 5.21. The third kappa shape index (κ3) is 2.30. The van der Waals surface area contributed by atoms with Gasteiger partial charge in [0.05, 0.1) is 17.8 Å². The Labute approximate surface area is 102 Å². The van der Waals surface area contributed by atoms with Gasteiger partial charge in [0.25, 0.3) is 0 Å². The first kappa shape index (κ1) is 12.4. The van der Waals surface area contributed by atoms with E-state index in [1.54, 1.807) is 19.2 Å². The molecule has 0 fully saturated rings. The van der Waals surface area contributed by atoms with Crippen molar-refractivity contribution in [3.05, 3.63) is 23.8 Å². The fraction of sp³-hybridized carbons (Fsp3) is 0.500. The molecule has 0 bridgehead atoms. The summed E-state index contributed by atoms with van der Waals surface area (Å²) in [5.74, 6) is 1.02. The van der Waals surface area contributed by atoms with Crippen molar-refractivity contribution in [2.45, 2.75) is 17.2 Å². The Bertz CT molecular complexity index is 510. The molecule has 0 radical (unpaired) electrons. The largest absolute Gasteiger partial charge is 0.497 e. The van der Waals surface area contributed by atoms with Crippen molar-refractivity contribution in [3.63, 3.8) is 0 Å². The molecule has 0 saturated carbocycles. The number of benzene rings is 1. The highest BCUT2D eigenvalue weighted by molar-refractivity contribution is 7.91. The van der Waals surface area contributed by atoms with Gasteiger partial charge in [-0.15, -0.1) is 0 Å². The Kier molecular flexibility index (Phi) is 3.40. The lowest BCUT2D eigenvalue weighted by atomic mass is 9.98. The molecule has 1 N–H and O–H groups in total. The zero-order valence-electron chi connectivity index (χ0n) is 10.1. The number of nitrogens with one attached hydrogen (secondary N) is 1. The van der Waals surface area contributed by atoms with Gasteiger partial charge in [-0.1, -0.05) is 0 Å². The average molecular weight is 255 g/mol. The molecule has 1 aliphatic rings. The topological polar surface area (TPSA) is 55.4 Å². The highest BCUT2D eigenvalue weighted by Crippen LogP contribution is 2.38. The van der Waals surface area contributed by atoms with Gasteiger partial charge < -0.3 is 10.1 Å². The number of hydrogen-bond acceptors (Lipinski definition) is 4. The van der Waals surface area contributed by atoms with Crippen LogP contribution in [-0.2, 0) is 9.84 Å². The lowest BCUT2D eigenvalue weighted by Crippen LogP contribution is -2.13. The Hall–Kier alpha value is -1.07. The van der Waals surface area contributed by atoms with Crippen LogP contribution >= 0.6 is 0 Å². The average Bonchev–Trinajstić information content (AvgIpc) is 2.58. The van der Waals surface area contributed by atoms with E-state index in [9.17, 15) is 8.42 Å². The Morgan fingerprint density at radius 2 is 2.24 bits per heavy atom. The normalized spacial score (nSPS) is 21.2. The summed E-state index contributed by atoms with van der Waals surface area (Å²) < 4.78 is 29.1.